The van der Waals surface area contributed by atoms with Crippen LogP contribution in [-0.4, -0.2) is 34.8 Å². The number of aliphatic hydroxyl groups is 1. The van der Waals surface area contributed by atoms with Crippen LogP contribution in [0.2, 0.25) is 0 Å². The smallest absolute Gasteiger partial charge is 0.258 e. The van der Waals surface area contributed by atoms with Crippen LogP contribution in [0.1, 0.15) is 68.7 Å². The van der Waals surface area contributed by atoms with Crippen molar-refractivity contribution in [1.82, 2.24) is 15.2 Å². The molecule has 1 aromatic heterocycles. The molecule has 0 radical (unpaired) electrons. The van der Waals surface area contributed by atoms with Crippen molar-refractivity contribution in [2.75, 3.05) is 13.2 Å². The second kappa shape index (κ2) is 8.31. The Labute approximate surface area is 177 Å². The minimum absolute atomic E-state index is 0.00403. The molecule has 1 saturated heterocycles. The number of carbonyl (C=O) groups excluding carboxylic acids is 1. The fourth-order valence-electron chi connectivity index (χ4n) is 6.16. The van der Waals surface area contributed by atoms with Crippen LogP contribution >= 0.6 is 0 Å². The van der Waals surface area contributed by atoms with Crippen LogP contribution in [0, 0.1) is 17.8 Å². The quantitative estimate of drug-likeness (QED) is 0.695. The summed E-state index contributed by atoms with van der Waals surface area (Å²) in [6.07, 6.45) is 11.5. The Morgan fingerprint density at radius 2 is 2.03 bits per heavy atom. The second-order valence-electron chi connectivity index (χ2n) is 9.59. The predicted molar refractivity (Wildman–Crippen MR) is 116 cm³/mol. The lowest BCUT2D eigenvalue weighted by Crippen LogP contribution is -2.47. The van der Waals surface area contributed by atoms with Crippen LogP contribution in [0.3, 0.4) is 0 Å². The number of hydrogen-bond acceptors (Lipinski definition) is 4. The number of carbonyl (C=O) groups is 1. The number of fused-ring (bicyclic) bond motifs is 3. The normalized spacial score (nSPS) is 30.8. The topological polar surface area (TPSA) is 83.4 Å². The molecule has 4 atom stereocenters. The summed E-state index contributed by atoms with van der Waals surface area (Å²) in [6.45, 7) is 1.26. The van der Waals surface area contributed by atoms with Gasteiger partial charge >= 0.3 is 0 Å². The fraction of sp³-hybridized carbons (Fsp3) is 0.667. The van der Waals surface area contributed by atoms with Gasteiger partial charge in [0.05, 0.1) is 12.1 Å². The fourth-order valence-corrected chi connectivity index (χ4v) is 6.16. The molecule has 0 aromatic carbocycles. The van der Waals surface area contributed by atoms with E-state index < -0.39 is 6.04 Å². The summed E-state index contributed by atoms with van der Waals surface area (Å²) in [5, 5.41) is 16.7. The Bertz CT molecular complexity index is 899. The summed E-state index contributed by atoms with van der Waals surface area (Å²) in [7, 11) is 0. The molecule has 30 heavy (non-hydrogen) atoms. The number of pyridine rings is 1. The number of rotatable bonds is 5. The minimum Gasteiger partial charge on any atom is -0.396 e. The van der Waals surface area contributed by atoms with Gasteiger partial charge in [0, 0.05) is 42.8 Å². The van der Waals surface area contributed by atoms with Gasteiger partial charge in [0.25, 0.3) is 5.56 Å². The lowest BCUT2D eigenvalue weighted by Gasteiger charge is -2.25. The molecular weight excluding hydrogens is 378 g/mol. The summed E-state index contributed by atoms with van der Waals surface area (Å²) < 4.78 is 1.87. The van der Waals surface area contributed by atoms with Crippen molar-refractivity contribution >= 4 is 11.5 Å². The summed E-state index contributed by atoms with van der Waals surface area (Å²) in [5.74, 6) is 0.477. The molecule has 0 unspecified atom stereocenters. The molecule has 1 saturated carbocycles. The zero-order chi connectivity index (χ0) is 20.7. The highest BCUT2D eigenvalue weighted by Gasteiger charge is 2.50. The molecule has 1 amide bonds. The molecule has 162 valence electrons. The van der Waals surface area contributed by atoms with Crippen molar-refractivity contribution in [2.45, 2.75) is 70.0 Å². The molecule has 0 spiro atoms. The number of hydrogen-bond donors (Lipinski definition) is 3. The molecule has 5 rings (SSSR count). The van der Waals surface area contributed by atoms with E-state index in [2.05, 4.69) is 16.7 Å². The van der Waals surface area contributed by atoms with E-state index in [0.717, 1.165) is 37.1 Å². The predicted octanol–water partition coefficient (Wildman–Crippen LogP) is 2.36. The molecule has 6 nitrogen and oxygen atoms in total. The van der Waals surface area contributed by atoms with Gasteiger partial charge in [-0.3, -0.25) is 14.9 Å². The molecule has 2 fully saturated rings. The van der Waals surface area contributed by atoms with Crippen LogP contribution in [0.15, 0.2) is 23.0 Å². The number of nitrogens with zero attached hydrogens (tertiary/aromatic N) is 1. The van der Waals surface area contributed by atoms with Gasteiger partial charge in [-0.2, -0.15) is 0 Å². The van der Waals surface area contributed by atoms with Crippen LogP contribution in [0.4, 0.5) is 0 Å². The highest BCUT2D eigenvalue weighted by atomic mass is 16.3. The maximum absolute atomic E-state index is 13.1. The molecule has 1 aromatic rings. The van der Waals surface area contributed by atoms with Crippen LogP contribution in [0.5, 0.6) is 0 Å². The Hall–Kier alpha value is -1.92. The Balaban J connectivity index is 1.31. The van der Waals surface area contributed by atoms with Crippen molar-refractivity contribution in [3.63, 3.8) is 0 Å². The van der Waals surface area contributed by atoms with Crippen molar-refractivity contribution in [2.24, 2.45) is 17.8 Å². The molecular formula is C24H33N3O3. The maximum Gasteiger partial charge on any atom is 0.258 e. The first-order valence-electron chi connectivity index (χ1n) is 11.7. The third-order valence-electron chi connectivity index (χ3n) is 7.86. The van der Waals surface area contributed by atoms with E-state index in [1.807, 2.05) is 16.7 Å². The number of aromatic nitrogens is 1. The summed E-state index contributed by atoms with van der Waals surface area (Å²) in [6, 6.07) is 3.56. The molecule has 3 heterocycles. The van der Waals surface area contributed by atoms with E-state index in [9.17, 15) is 14.7 Å². The highest BCUT2D eigenvalue weighted by molar-refractivity contribution is 5.82. The van der Waals surface area contributed by atoms with Crippen LogP contribution in [0.25, 0.3) is 5.57 Å². The maximum atomic E-state index is 13.1. The molecule has 6 heteroatoms. The van der Waals surface area contributed by atoms with Gasteiger partial charge in [-0.15, -0.1) is 0 Å². The molecule has 4 aliphatic rings. The number of allylic oxidation sites excluding steroid dienone is 2. The molecule has 0 bridgehead atoms. The van der Waals surface area contributed by atoms with Gasteiger partial charge in [-0.05, 0) is 55.7 Å². The van der Waals surface area contributed by atoms with E-state index in [1.54, 1.807) is 0 Å². The van der Waals surface area contributed by atoms with Gasteiger partial charge in [0.1, 0.15) is 0 Å². The number of aliphatic hydroxyl groups excluding tert-OH is 1. The van der Waals surface area contributed by atoms with Gasteiger partial charge in [-0.1, -0.05) is 25.3 Å². The van der Waals surface area contributed by atoms with Gasteiger partial charge in [0.15, 0.2) is 0 Å². The highest BCUT2D eigenvalue weighted by Crippen LogP contribution is 2.43. The monoisotopic (exact) mass is 411 g/mol. The Kier molecular flexibility index (Phi) is 5.54. The summed E-state index contributed by atoms with van der Waals surface area (Å²) in [5.41, 5.74) is 3.01. The molecule has 2 aliphatic heterocycles. The zero-order valence-corrected chi connectivity index (χ0v) is 17.6. The molecule has 3 N–H and O–H groups in total. The third kappa shape index (κ3) is 3.44. The van der Waals surface area contributed by atoms with Crippen LogP contribution in [-0.2, 0) is 11.3 Å². The van der Waals surface area contributed by atoms with Crippen molar-refractivity contribution in [3.05, 3.63) is 39.8 Å². The number of amides is 1. The lowest BCUT2D eigenvalue weighted by atomic mass is 9.87. The largest absolute Gasteiger partial charge is 0.396 e. The van der Waals surface area contributed by atoms with Crippen molar-refractivity contribution in [3.8, 4) is 0 Å². The lowest BCUT2D eigenvalue weighted by molar-refractivity contribution is -0.124. The Morgan fingerprint density at radius 1 is 1.20 bits per heavy atom. The average molecular weight is 412 g/mol. The van der Waals surface area contributed by atoms with E-state index >= 15 is 0 Å². The minimum atomic E-state index is -0.394. The SMILES string of the molecule is O=C(NCC1CCCCC1)[C@@H]1N[C@@H]2c3ccc(C4=CCCC4)c(=O)n3C[C@@H]2[C@H]1CO. The summed E-state index contributed by atoms with van der Waals surface area (Å²) in [4.78, 5) is 26.1. The zero-order valence-electron chi connectivity index (χ0n) is 17.6. The van der Waals surface area contributed by atoms with Gasteiger partial charge in [-0.25, -0.2) is 0 Å². The van der Waals surface area contributed by atoms with E-state index in [-0.39, 0.29) is 36.0 Å². The van der Waals surface area contributed by atoms with Crippen LogP contribution < -0.4 is 16.2 Å². The first kappa shape index (κ1) is 20.0. The van der Waals surface area contributed by atoms with Gasteiger partial charge in [0.2, 0.25) is 5.91 Å². The van der Waals surface area contributed by atoms with E-state index in [4.69, 9.17) is 0 Å². The number of nitrogens with one attached hydrogen (secondary N) is 2. The Morgan fingerprint density at radius 3 is 2.77 bits per heavy atom. The first-order valence-corrected chi connectivity index (χ1v) is 11.7. The third-order valence-corrected chi connectivity index (χ3v) is 7.86. The van der Waals surface area contributed by atoms with Crippen molar-refractivity contribution < 1.29 is 9.90 Å². The first-order chi connectivity index (χ1) is 14.7. The summed E-state index contributed by atoms with van der Waals surface area (Å²) >= 11 is 0. The van der Waals surface area contributed by atoms with E-state index in [1.165, 1.54) is 37.7 Å². The van der Waals surface area contributed by atoms with Crippen molar-refractivity contribution in [1.29, 1.82) is 0 Å². The van der Waals surface area contributed by atoms with Gasteiger partial charge < -0.3 is 15.0 Å². The van der Waals surface area contributed by atoms with E-state index in [0.29, 0.717) is 12.5 Å². The molecule has 2 aliphatic carbocycles. The average Bonchev–Trinajstić information content (AvgIpc) is 3.49. The standard InChI is InChI=1S/C24H33N3O3/c28-14-19-18-13-27-20(11-10-17(24(27)30)16-8-4-5-9-16)21(18)26-22(19)23(29)25-12-15-6-2-1-3-7-15/h8,10-11,15,18-19,21-22,26,28H,1-7,9,12-14H2,(H,25,29)/t18-,19-,21+,22-/m1/s1. The second-order valence-corrected chi connectivity index (χ2v) is 9.59.